The van der Waals surface area contributed by atoms with E-state index in [1.165, 1.54) is 0 Å². The molecule has 0 amide bonds. The highest BCUT2D eigenvalue weighted by Crippen LogP contribution is 2.32. The predicted octanol–water partition coefficient (Wildman–Crippen LogP) is 3.24. The summed E-state index contributed by atoms with van der Waals surface area (Å²) in [5.41, 5.74) is 4.26. The van der Waals surface area contributed by atoms with Gasteiger partial charge in [-0.2, -0.15) is 20.5 Å². The fourth-order valence-corrected chi connectivity index (χ4v) is 2.64. The third kappa shape index (κ3) is 2.72. The van der Waals surface area contributed by atoms with Crippen molar-refractivity contribution < 1.29 is 9.84 Å². The Kier molecular flexibility index (Phi) is 3.66. The summed E-state index contributed by atoms with van der Waals surface area (Å²) in [5, 5.41) is 28.4. The van der Waals surface area contributed by atoms with E-state index in [0.717, 1.165) is 11.3 Å². The van der Waals surface area contributed by atoms with E-state index in [1.54, 1.807) is 19.2 Å². The lowest BCUT2D eigenvalue weighted by Gasteiger charge is -2.02. The second-order valence-electron chi connectivity index (χ2n) is 5.43. The van der Waals surface area contributed by atoms with Gasteiger partial charge in [0.25, 0.3) is 0 Å². The van der Waals surface area contributed by atoms with Crippen LogP contribution in [-0.2, 0) is 0 Å². The molecule has 25 heavy (non-hydrogen) atoms. The molecule has 0 radical (unpaired) electrons. The molecule has 0 saturated heterocycles. The number of para-hydroxylation sites is 1. The van der Waals surface area contributed by atoms with Crippen LogP contribution in [0.2, 0.25) is 0 Å². The molecule has 0 saturated carbocycles. The van der Waals surface area contributed by atoms with Crippen molar-refractivity contribution in [3.05, 3.63) is 54.6 Å². The maximum atomic E-state index is 9.99. The van der Waals surface area contributed by atoms with E-state index < -0.39 is 0 Å². The smallest absolute Gasteiger partial charge is 0.138 e. The van der Waals surface area contributed by atoms with Crippen molar-refractivity contribution in [3.8, 4) is 45.4 Å². The summed E-state index contributed by atoms with van der Waals surface area (Å²) in [7, 11) is 1.63. The molecule has 0 aliphatic heterocycles. The van der Waals surface area contributed by atoms with Crippen LogP contribution < -0.4 is 4.74 Å². The van der Waals surface area contributed by atoms with Gasteiger partial charge in [-0.1, -0.05) is 12.1 Å². The molecule has 0 aliphatic rings. The van der Waals surface area contributed by atoms with E-state index in [4.69, 9.17) is 4.74 Å². The molecule has 0 bridgehead atoms. The zero-order valence-corrected chi connectivity index (χ0v) is 13.4. The van der Waals surface area contributed by atoms with Gasteiger partial charge in [0.15, 0.2) is 0 Å². The van der Waals surface area contributed by atoms with Crippen LogP contribution in [0.3, 0.4) is 0 Å². The second kappa shape index (κ2) is 6.12. The lowest BCUT2D eigenvalue weighted by molar-refractivity contribution is 0.415. The number of benzene rings is 2. The van der Waals surface area contributed by atoms with Gasteiger partial charge in [-0.25, -0.2) is 0 Å². The minimum atomic E-state index is 0.177. The summed E-state index contributed by atoms with van der Waals surface area (Å²) in [5.74, 6) is 0.952. The molecule has 7 heteroatoms. The van der Waals surface area contributed by atoms with Crippen molar-refractivity contribution in [3.63, 3.8) is 0 Å². The van der Waals surface area contributed by atoms with Crippen LogP contribution in [0, 0.1) is 0 Å². The summed E-state index contributed by atoms with van der Waals surface area (Å²) >= 11 is 0. The number of ether oxygens (including phenoxy) is 1. The number of nitrogens with zero attached hydrogens (tertiary/aromatic N) is 3. The first-order valence-electron chi connectivity index (χ1n) is 7.65. The number of hydrogen-bond acceptors (Lipinski definition) is 5. The molecule has 3 N–H and O–H groups in total. The quantitative estimate of drug-likeness (QED) is 0.532. The third-order valence-electron chi connectivity index (χ3n) is 3.92. The predicted molar refractivity (Wildman–Crippen MR) is 93.1 cm³/mol. The van der Waals surface area contributed by atoms with Crippen molar-refractivity contribution in [2.45, 2.75) is 0 Å². The fraction of sp³-hybridized carbons (Fsp3) is 0.0556. The van der Waals surface area contributed by atoms with Crippen LogP contribution in [0.1, 0.15) is 0 Å². The number of methoxy groups -OCH3 is 1. The summed E-state index contributed by atoms with van der Waals surface area (Å²) in [4.78, 5) is 0. The number of phenolic OH excluding ortho intramolecular Hbond substituents is 1. The fourth-order valence-electron chi connectivity index (χ4n) is 2.64. The van der Waals surface area contributed by atoms with Crippen molar-refractivity contribution >= 4 is 0 Å². The number of phenols is 1. The van der Waals surface area contributed by atoms with Crippen LogP contribution in [0.5, 0.6) is 11.5 Å². The number of aromatic nitrogens is 5. The Morgan fingerprint density at radius 1 is 0.920 bits per heavy atom. The van der Waals surface area contributed by atoms with Gasteiger partial charge in [0.05, 0.1) is 18.5 Å². The highest BCUT2D eigenvalue weighted by atomic mass is 16.5. The molecule has 7 nitrogen and oxygen atoms in total. The Morgan fingerprint density at radius 2 is 1.68 bits per heavy atom. The summed E-state index contributed by atoms with van der Waals surface area (Å²) in [6, 6.07) is 16.5. The van der Waals surface area contributed by atoms with Crippen molar-refractivity contribution in [2.75, 3.05) is 7.11 Å². The first-order valence-corrected chi connectivity index (χ1v) is 7.65. The van der Waals surface area contributed by atoms with Crippen molar-refractivity contribution in [1.82, 2.24) is 25.6 Å². The standard InChI is InChI=1S/C18H15N5O2/c1-25-12-8-6-11(7-9-12)17-18(22-23-21-17)15-10-14(19-20-15)13-4-2-3-5-16(13)24/h2-10,24H,1H3,(H,19,20)(H,21,22,23). The molecule has 124 valence electrons. The van der Waals surface area contributed by atoms with Crippen LogP contribution in [-0.4, -0.2) is 37.8 Å². The average molecular weight is 333 g/mol. The number of nitrogens with one attached hydrogen (secondary N) is 2. The highest BCUT2D eigenvalue weighted by Gasteiger charge is 2.16. The highest BCUT2D eigenvalue weighted by molar-refractivity contribution is 5.78. The zero-order valence-electron chi connectivity index (χ0n) is 13.4. The van der Waals surface area contributed by atoms with E-state index in [2.05, 4.69) is 25.6 Å². The zero-order chi connectivity index (χ0) is 17.2. The molecule has 0 aliphatic carbocycles. The maximum absolute atomic E-state index is 9.99. The van der Waals surface area contributed by atoms with Gasteiger partial charge in [-0.05, 0) is 42.5 Å². The van der Waals surface area contributed by atoms with Gasteiger partial charge in [-0.15, -0.1) is 0 Å². The lowest BCUT2D eigenvalue weighted by atomic mass is 10.1. The largest absolute Gasteiger partial charge is 0.507 e. The minimum Gasteiger partial charge on any atom is -0.507 e. The molecule has 0 unspecified atom stereocenters. The number of aromatic amines is 2. The summed E-state index contributed by atoms with van der Waals surface area (Å²) in [6.45, 7) is 0. The van der Waals surface area contributed by atoms with E-state index >= 15 is 0 Å². The summed E-state index contributed by atoms with van der Waals surface area (Å²) < 4.78 is 5.18. The molecule has 2 aromatic heterocycles. The van der Waals surface area contributed by atoms with Gasteiger partial charge in [0.2, 0.25) is 0 Å². The lowest BCUT2D eigenvalue weighted by Crippen LogP contribution is -1.86. The Bertz CT molecular complexity index is 1000. The second-order valence-corrected chi connectivity index (χ2v) is 5.43. The SMILES string of the molecule is COc1ccc(-c2n[nH]nc2-c2cc(-c3ccccc3O)n[nH]2)cc1. The minimum absolute atomic E-state index is 0.177. The Labute approximate surface area is 143 Å². The van der Waals surface area contributed by atoms with Crippen molar-refractivity contribution in [1.29, 1.82) is 0 Å². The van der Waals surface area contributed by atoms with Crippen LogP contribution >= 0.6 is 0 Å². The molecular weight excluding hydrogens is 318 g/mol. The number of hydrogen-bond donors (Lipinski definition) is 3. The van der Waals surface area contributed by atoms with Crippen LogP contribution in [0.15, 0.2) is 54.6 Å². The molecule has 2 heterocycles. The average Bonchev–Trinajstić information content (AvgIpc) is 3.31. The third-order valence-corrected chi connectivity index (χ3v) is 3.92. The summed E-state index contributed by atoms with van der Waals surface area (Å²) in [6.07, 6.45) is 0. The maximum Gasteiger partial charge on any atom is 0.138 e. The van der Waals surface area contributed by atoms with E-state index in [0.29, 0.717) is 28.3 Å². The number of rotatable bonds is 4. The monoisotopic (exact) mass is 333 g/mol. The first kappa shape index (κ1) is 14.9. The van der Waals surface area contributed by atoms with Gasteiger partial charge in [0, 0.05) is 11.1 Å². The number of aromatic hydroxyl groups is 1. The topological polar surface area (TPSA) is 99.7 Å². The van der Waals surface area contributed by atoms with Gasteiger partial charge < -0.3 is 9.84 Å². The Hall–Kier alpha value is -3.61. The van der Waals surface area contributed by atoms with Crippen molar-refractivity contribution in [2.24, 2.45) is 0 Å². The van der Waals surface area contributed by atoms with E-state index in [-0.39, 0.29) is 5.75 Å². The van der Waals surface area contributed by atoms with E-state index in [9.17, 15) is 5.11 Å². The molecule has 2 aromatic carbocycles. The van der Waals surface area contributed by atoms with Gasteiger partial charge in [0.1, 0.15) is 22.9 Å². The molecule has 0 fully saturated rings. The first-order chi connectivity index (χ1) is 12.3. The molecule has 4 rings (SSSR count). The Balaban J connectivity index is 1.72. The molecular formula is C18H15N5O2. The molecule has 0 spiro atoms. The molecule has 0 atom stereocenters. The van der Waals surface area contributed by atoms with Crippen LogP contribution in [0.25, 0.3) is 33.9 Å². The van der Waals surface area contributed by atoms with E-state index in [1.807, 2.05) is 42.5 Å². The normalized spacial score (nSPS) is 10.8. The van der Waals surface area contributed by atoms with Gasteiger partial charge >= 0.3 is 0 Å². The Morgan fingerprint density at radius 3 is 2.44 bits per heavy atom. The van der Waals surface area contributed by atoms with Gasteiger partial charge in [-0.3, -0.25) is 5.10 Å². The van der Waals surface area contributed by atoms with Crippen LogP contribution in [0.4, 0.5) is 0 Å². The molecule has 4 aromatic rings. The number of H-pyrrole nitrogens is 2.